The van der Waals surface area contributed by atoms with E-state index in [0.717, 1.165) is 60.8 Å². The van der Waals surface area contributed by atoms with Gasteiger partial charge in [0.1, 0.15) is 17.4 Å². The number of halogens is 2. The number of hydrogen-bond acceptors (Lipinski definition) is 4. The summed E-state index contributed by atoms with van der Waals surface area (Å²) in [5, 5.41) is 29.9. The maximum atomic E-state index is 16.1. The Hall–Kier alpha value is -3.84. The molecular weight excluding hydrogens is 975 g/mol. The Bertz CT molecular complexity index is 2390. The number of hydrogen-bond donors (Lipinski definition) is 0. The van der Waals surface area contributed by atoms with Gasteiger partial charge in [-0.3, -0.25) is 0 Å². The first-order valence-electron chi connectivity index (χ1n) is 24.6. The normalized spacial score (nSPS) is 28.1. The molecule has 8 saturated carbocycles. The summed E-state index contributed by atoms with van der Waals surface area (Å²) in [6.45, 7) is 8.54. The second-order valence-electron chi connectivity index (χ2n) is 22.3. The maximum absolute atomic E-state index is 16.1. The van der Waals surface area contributed by atoms with Crippen LogP contribution in [0.3, 0.4) is 0 Å². The molecule has 65 heavy (non-hydrogen) atoms. The van der Waals surface area contributed by atoms with Crippen LogP contribution in [-0.4, -0.2) is 12.1 Å². The predicted octanol–water partition coefficient (Wildman–Crippen LogP) is 14.5. The van der Waals surface area contributed by atoms with E-state index in [-0.39, 0.29) is 68.7 Å². The monoisotopic (exact) mass is 1040 g/mol. The Kier molecular flexibility index (Phi) is 12.0. The van der Waals surface area contributed by atoms with Crippen LogP contribution in [0.25, 0.3) is 44.8 Å². The first-order chi connectivity index (χ1) is 31.2. The number of nitrogens with zero attached hydrogens (tertiary/aromatic N) is 1. The molecule has 0 saturated heterocycles. The van der Waals surface area contributed by atoms with Crippen molar-refractivity contribution < 1.29 is 46.6 Å². The summed E-state index contributed by atoms with van der Waals surface area (Å²) in [6, 6.07) is 21.9. The molecule has 7 heteroatoms. The van der Waals surface area contributed by atoms with Gasteiger partial charge in [-0.05, 0) is 216 Å². The Morgan fingerprint density at radius 1 is 0.523 bits per heavy atom. The summed E-state index contributed by atoms with van der Waals surface area (Å²) in [6.07, 6.45) is 13.2. The van der Waals surface area contributed by atoms with Crippen LogP contribution in [0.2, 0.25) is 9.36 Å². The van der Waals surface area contributed by atoms with Crippen molar-refractivity contribution in [2.75, 3.05) is 7.11 Å². The summed E-state index contributed by atoms with van der Waals surface area (Å²) in [4.78, 5) is 5.38. The van der Waals surface area contributed by atoms with E-state index < -0.39 is 0 Å². The van der Waals surface area contributed by atoms with Crippen molar-refractivity contribution in [1.82, 2.24) is 4.98 Å². The first kappa shape index (κ1) is 45.0. The third kappa shape index (κ3) is 8.14. The molecule has 0 unspecified atom stereocenters. The Labute approximate surface area is 397 Å². The van der Waals surface area contributed by atoms with Crippen LogP contribution in [-0.2, 0) is 33.7 Å². The SMILES string of the molecule is COc1cc(-c2cc(C(C)C)ccc2-c2cc(F)cc(C34CC5CC(CC(C5)C3)C4)c2[O-])nc(-c2cc(C(C)C)ccc2-c2cc(F)cc(C34CC5CC(CC(C5)C3)C4)c2[O-])c1.[CH3][Hf+2][CH3]. The van der Waals surface area contributed by atoms with Crippen LogP contribution in [0, 0.1) is 47.1 Å². The number of pyridine rings is 1. The van der Waals surface area contributed by atoms with Gasteiger partial charge in [0.05, 0.1) is 18.5 Å². The fourth-order valence-corrected chi connectivity index (χ4v) is 14.9. The fourth-order valence-electron chi connectivity index (χ4n) is 14.9. The van der Waals surface area contributed by atoms with E-state index in [1.54, 1.807) is 19.2 Å². The predicted molar refractivity (Wildman–Crippen MR) is 251 cm³/mol. The van der Waals surface area contributed by atoms with E-state index in [9.17, 15) is 10.2 Å². The molecule has 0 atom stereocenters. The zero-order valence-corrected chi connectivity index (χ0v) is 43.1. The molecule has 0 amide bonds. The van der Waals surface area contributed by atoms with Crippen LogP contribution in [0.15, 0.2) is 72.8 Å². The summed E-state index contributed by atoms with van der Waals surface area (Å²) in [5.74, 6) is 3.66. The standard InChI is InChI=1S/C56H61F2NO3.2CH3.Hf/c1-30(2)38-6-8-43(47-18-40(57)20-49(53(47)60)55-24-32-10-33(25-55)12-34(11-32)26-55)45(16-38)51-22-42(62-5)23-52(59-51)46-17-39(31(3)4)7-9-44(46)48-19-41(58)21-50(54(48)61)56-27-35-13-36(28-56)15-37(14-35)29-56;;;/h6-9,16-23,30-37,60-61H,10-15,24-29H2,1-5H3;2*1H3;/q;;;+2/p-2. The zero-order valence-electron chi connectivity index (χ0n) is 39.5. The molecule has 0 radical (unpaired) electrons. The summed E-state index contributed by atoms with van der Waals surface area (Å²) in [7, 11) is 1.62. The quantitative estimate of drug-likeness (QED) is 0.138. The van der Waals surface area contributed by atoms with E-state index >= 15 is 8.78 Å². The molecule has 1 heterocycles. The number of aromatic nitrogens is 1. The molecule has 8 aliphatic carbocycles. The van der Waals surface area contributed by atoms with Gasteiger partial charge in [-0.15, -0.1) is 0 Å². The molecule has 13 rings (SSSR count). The summed E-state index contributed by atoms with van der Waals surface area (Å²) >= 11 is 0.0833. The van der Waals surface area contributed by atoms with E-state index in [4.69, 9.17) is 9.72 Å². The van der Waals surface area contributed by atoms with Crippen LogP contribution in [0.5, 0.6) is 17.2 Å². The van der Waals surface area contributed by atoms with Crippen LogP contribution < -0.4 is 14.9 Å². The molecule has 5 aromatic rings. The van der Waals surface area contributed by atoms with Crippen molar-refractivity contribution in [1.29, 1.82) is 0 Å². The van der Waals surface area contributed by atoms with Gasteiger partial charge in [-0.2, -0.15) is 0 Å². The number of methoxy groups -OCH3 is 1. The van der Waals surface area contributed by atoms with Crippen LogP contribution in [0.4, 0.5) is 8.78 Å². The van der Waals surface area contributed by atoms with Gasteiger partial charge in [-0.25, -0.2) is 13.8 Å². The number of benzene rings is 4. The Morgan fingerprint density at radius 2 is 0.862 bits per heavy atom. The molecular formula is C58H65F2HfNO3. The van der Waals surface area contributed by atoms with E-state index in [2.05, 4.69) is 49.2 Å². The topological polar surface area (TPSA) is 68.2 Å². The molecule has 8 aliphatic rings. The molecule has 8 fully saturated rings. The molecule has 4 nitrogen and oxygen atoms in total. The van der Waals surface area contributed by atoms with Gasteiger partial charge in [0.15, 0.2) is 0 Å². The average Bonchev–Trinajstić information content (AvgIpc) is 3.26. The first-order valence-corrected chi connectivity index (χ1v) is 31.8. The van der Waals surface area contributed by atoms with Gasteiger partial charge in [0.25, 0.3) is 0 Å². The van der Waals surface area contributed by atoms with Crippen LogP contribution >= 0.6 is 0 Å². The van der Waals surface area contributed by atoms with Crippen molar-refractivity contribution in [3.05, 3.63) is 107 Å². The van der Waals surface area contributed by atoms with Gasteiger partial charge >= 0.3 is 32.3 Å². The fraction of sp³-hybridized carbons (Fsp3) is 0.500. The molecule has 8 bridgehead atoms. The molecule has 0 N–H and O–H groups in total. The van der Waals surface area contributed by atoms with Gasteiger partial charge < -0.3 is 14.9 Å². The summed E-state index contributed by atoms with van der Waals surface area (Å²) < 4.78 is 42.8. The van der Waals surface area contributed by atoms with Crippen molar-refractivity contribution in [2.45, 2.75) is 137 Å². The minimum absolute atomic E-state index is 0.0779. The van der Waals surface area contributed by atoms with E-state index in [1.807, 2.05) is 36.4 Å². The van der Waals surface area contributed by atoms with Gasteiger partial charge in [0, 0.05) is 23.3 Å². The summed E-state index contributed by atoms with van der Waals surface area (Å²) in [5.41, 5.74) is 7.48. The second-order valence-corrected chi connectivity index (χ2v) is 25.8. The third-order valence-corrected chi connectivity index (χ3v) is 16.9. The van der Waals surface area contributed by atoms with Crippen molar-refractivity contribution >= 4 is 0 Å². The van der Waals surface area contributed by atoms with Crippen molar-refractivity contribution in [2.24, 2.45) is 35.5 Å². The van der Waals surface area contributed by atoms with E-state index in [1.165, 1.54) is 50.7 Å². The Balaban J connectivity index is 0.00000162. The molecule has 0 spiro atoms. The van der Waals surface area contributed by atoms with Crippen molar-refractivity contribution in [3.8, 4) is 62.0 Å². The second kappa shape index (κ2) is 17.4. The number of ether oxygens (including phenoxy) is 1. The zero-order chi connectivity index (χ0) is 45.5. The Morgan fingerprint density at radius 3 is 1.17 bits per heavy atom. The molecule has 4 aromatic carbocycles. The van der Waals surface area contributed by atoms with E-state index in [0.29, 0.717) is 86.0 Å². The third-order valence-electron chi connectivity index (χ3n) is 16.9. The van der Waals surface area contributed by atoms with Gasteiger partial charge in [-0.1, -0.05) is 63.5 Å². The number of rotatable bonds is 9. The van der Waals surface area contributed by atoms with Crippen molar-refractivity contribution in [3.63, 3.8) is 0 Å². The molecule has 1 aromatic heterocycles. The van der Waals surface area contributed by atoms with Crippen LogP contribution in [0.1, 0.15) is 139 Å². The minimum atomic E-state index is -0.380. The van der Waals surface area contributed by atoms with Gasteiger partial charge in [0.2, 0.25) is 0 Å². The molecule has 0 aliphatic heterocycles. The average molecular weight is 1040 g/mol. The molecule has 338 valence electrons.